The third-order valence-electron chi connectivity index (χ3n) is 4.92. The molecule has 0 aliphatic heterocycles. The van der Waals surface area contributed by atoms with E-state index in [1.807, 2.05) is 36.4 Å². The minimum atomic E-state index is -4.50. The number of ether oxygens (including phenoxy) is 3. The van der Waals surface area contributed by atoms with E-state index in [0.717, 1.165) is 35.5 Å². The number of benzene rings is 3. The average molecular weight is 539 g/mol. The summed E-state index contributed by atoms with van der Waals surface area (Å²) in [7, 11) is -2.95. The van der Waals surface area contributed by atoms with Gasteiger partial charge >= 0.3 is 29.6 Å². The van der Waals surface area contributed by atoms with Crippen LogP contribution in [0.2, 0.25) is 0 Å². The van der Waals surface area contributed by atoms with Gasteiger partial charge in [0.05, 0.1) is 18.6 Å². The maximum Gasteiger partial charge on any atom is 1.00 e. The van der Waals surface area contributed by atoms with Crippen molar-refractivity contribution in [3.63, 3.8) is 0 Å². The number of thiocarbonyl (C=S) groups is 1. The topological polar surface area (TPSA) is 109 Å². The Labute approximate surface area is 239 Å². The molecule has 11 heteroatoms. The van der Waals surface area contributed by atoms with Gasteiger partial charge in [-0.2, -0.15) is 0 Å². The molecule has 0 heterocycles. The number of nitrogens with one attached hydrogen (secondary N) is 2. The third-order valence-corrected chi connectivity index (χ3v) is 5.98. The molecule has 186 valence electrons. The Morgan fingerprint density at radius 3 is 2.11 bits per heavy atom. The number of anilines is 2. The number of rotatable bonds is 11. The van der Waals surface area contributed by atoms with E-state index in [9.17, 15) is 13.0 Å². The van der Waals surface area contributed by atoms with Crippen molar-refractivity contribution in [1.29, 1.82) is 0 Å². The minimum Gasteiger partial charge on any atom is -0.744 e. The molecule has 3 rings (SSSR count). The van der Waals surface area contributed by atoms with Crippen LogP contribution >= 0.6 is 12.2 Å². The molecule has 0 fully saturated rings. The Bertz CT molecular complexity index is 1240. The zero-order chi connectivity index (χ0) is 25.3. The molecule has 0 bridgehead atoms. The molecule has 0 spiro atoms. The summed E-state index contributed by atoms with van der Waals surface area (Å²) in [5, 5.41) is 6.69. The zero-order valence-electron chi connectivity index (χ0n) is 20.4. The quantitative estimate of drug-likeness (QED) is 0.164. The van der Waals surface area contributed by atoms with Crippen LogP contribution in [0.25, 0.3) is 0 Å². The van der Waals surface area contributed by atoms with Gasteiger partial charge in [-0.05, 0) is 85.4 Å². The van der Waals surface area contributed by atoms with Gasteiger partial charge in [0.25, 0.3) is 0 Å². The Morgan fingerprint density at radius 1 is 0.917 bits per heavy atom. The molecule has 2 N–H and O–H groups in total. The van der Waals surface area contributed by atoms with Crippen molar-refractivity contribution in [2.24, 2.45) is 0 Å². The summed E-state index contributed by atoms with van der Waals surface area (Å²) in [5.41, 5.74) is 2.30. The van der Waals surface area contributed by atoms with Gasteiger partial charge in [0.1, 0.15) is 34.0 Å². The van der Waals surface area contributed by atoms with Crippen molar-refractivity contribution in [2.45, 2.75) is 31.3 Å². The number of methoxy groups -OCH3 is 1. The molecule has 0 atom stereocenters. The molecule has 0 aliphatic rings. The molecule has 3 aromatic carbocycles. The summed E-state index contributed by atoms with van der Waals surface area (Å²) >= 11 is 5.43. The summed E-state index contributed by atoms with van der Waals surface area (Å²) in [5.74, 6) is 1.84. The molecule has 0 aromatic heterocycles. The Balaban J connectivity index is 0.00000456. The van der Waals surface area contributed by atoms with Crippen molar-refractivity contribution in [3.8, 4) is 17.2 Å². The van der Waals surface area contributed by atoms with E-state index in [-0.39, 0.29) is 41.1 Å². The first-order chi connectivity index (χ1) is 16.8. The Morgan fingerprint density at radius 2 is 1.50 bits per heavy atom. The van der Waals surface area contributed by atoms with Gasteiger partial charge < -0.3 is 29.4 Å². The first kappa shape index (κ1) is 29.9. The second kappa shape index (κ2) is 14.4. The van der Waals surface area contributed by atoms with Gasteiger partial charge in [0, 0.05) is 16.9 Å². The van der Waals surface area contributed by atoms with E-state index >= 15 is 0 Å². The Kier molecular flexibility index (Phi) is 12.0. The molecule has 36 heavy (non-hydrogen) atoms. The van der Waals surface area contributed by atoms with Crippen LogP contribution in [0.15, 0.2) is 71.6 Å². The van der Waals surface area contributed by atoms with Crippen LogP contribution in [0.1, 0.15) is 25.3 Å². The van der Waals surface area contributed by atoms with Crippen LogP contribution < -0.4 is 54.4 Å². The van der Waals surface area contributed by atoms with Crippen molar-refractivity contribution < 1.29 is 56.7 Å². The molecule has 0 radical (unpaired) electrons. The second-order valence-electron chi connectivity index (χ2n) is 7.55. The monoisotopic (exact) mass is 538 g/mol. The standard InChI is InChI=1S/C25H28N2O6S2.Na/c1-3-4-15-32-21-8-5-19(6-9-21)26-25(34)27-20-7-14-24(31-2)18(16-20)17-33-22-10-12-23(13-11-22)35(28,29)30;/h5-14,16H,3-4,15,17H2,1-2H3,(H2,26,27,34)(H,28,29,30);/q;+1/p-1. The number of hydrogen-bond acceptors (Lipinski definition) is 7. The number of hydrogen-bond donors (Lipinski definition) is 2. The van der Waals surface area contributed by atoms with Crippen LogP contribution in [-0.4, -0.2) is 31.8 Å². The fraction of sp³-hybridized carbons (Fsp3) is 0.240. The molecule has 0 saturated heterocycles. The first-order valence-corrected chi connectivity index (χ1v) is 12.8. The predicted octanol–water partition coefficient (Wildman–Crippen LogP) is 2.17. The summed E-state index contributed by atoms with van der Waals surface area (Å²) in [6.45, 7) is 2.97. The molecule has 0 unspecified atom stereocenters. The van der Waals surface area contributed by atoms with Crippen LogP contribution in [-0.2, 0) is 16.7 Å². The fourth-order valence-electron chi connectivity index (χ4n) is 3.10. The molecule has 0 amide bonds. The van der Waals surface area contributed by atoms with Gasteiger partial charge in [0.2, 0.25) is 0 Å². The molecule has 0 aliphatic carbocycles. The van der Waals surface area contributed by atoms with Crippen LogP contribution in [0.5, 0.6) is 17.2 Å². The van der Waals surface area contributed by atoms with Crippen molar-refractivity contribution >= 4 is 38.8 Å². The summed E-state index contributed by atoms with van der Waals surface area (Å²) in [6.07, 6.45) is 2.10. The van der Waals surface area contributed by atoms with Crippen LogP contribution in [0.4, 0.5) is 11.4 Å². The third kappa shape index (κ3) is 9.27. The summed E-state index contributed by atoms with van der Waals surface area (Å²) in [4.78, 5) is -0.312. The van der Waals surface area contributed by atoms with Crippen molar-refractivity contribution in [1.82, 2.24) is 0 Å². The largest absolute Gasteiger partial charge is 1.00 e. The van der Waals surface area contributed by atoms with Gasteiger partial charge in [-0.3, -0.25) is 0 Å². The summed E-state index contributed by atoms with van der Waals surface area (Å²) in [6, 6.07) is 18.3. The normalized spacial score (nSPS) is 10.6. The van der Waals surface area contributed by atoms with E-state index < -0.39 is 10.1 Å². The van der Waals surface area contributed by atoms with E-state index in [2.05, 4.69) is 17.6 Å². The molecule has 0 saturated carbocycles. The summed E-state index contributed by atoms with van der Waals surface area (Å²) < 4.78 is 50.0. The molecule has 8 nitrogen and oxygen atoms in total. The van der Waals surface area contributed by atoms with Crippen LogP contribution in [0.3, 0.4) is 0 Å². The van der Waals surface area contributed by atoms with Crippen LogP contribution in [0, 0.1) is 0 Å². The van der Waals surface area contributed by atoms with E-state index in [1.165, 1.54) is 24.3 Å². The van der Waals surface area contributed by atoms with Crippen molar-refractivity contribution in [3.05, 3.63) is 72.3 Å². The molecular formula is C25H27N2NaO6S2. The minimum absolute atomic E-state index is 0. The van der Waals surface area contributed by atoms with Gasteiger partial charge in [-0.1, -0.05) is 13.3 Å². The fourth-order valence-corrected chi connectivity index (χ4v) is 3.80. The Hall–Kier alpha value is -2.34. The van der Waals surface area contributed by atoms with Gasteiger partial charge in [0.15, 0.2) is 5.11 Å². The van der Waals surface area contributed by atoms with E-state index in [4.69, 9.17) is 26.4 Å². The second-order valence-corrected chi connectivity index (χ2v) is 9.33. The first-order valence-electron chi connectivity index (χ1n) is 10.9. The smallest absolute Gasteiger partial charge is 0.744 e. The SMILES string of the molecule is CCCCOc1ccc(NC(=S)Nc2ccc(OC)c(COc3ccc(S(=O)(=O)[O-])cc3)c2)cc1.[Na+]. The maximum absolute atomic E-state index is 11.1. The molecule has 3 aromatic rings. The zero-order valence-corrected chi connectivity index (χ0v) is 24.1. The average Bonchev–Trinajstić information content (AvgIpc) is 2.84. The van der Waals surface area contributed by atoms with Gasteiger partial charge in [-0.25, -0.2) is 8.42 Å². The predicted molar refractivity (Wildman–Crippen MR) is 138 cm³/mol. The van der Waals surface area contributed by atoms with Gasteiger partial charge in [-0.15, -0.1) is 0 Å². The molecular weight excluding hydrogens is 511 g/mol. The van der Waals surface area contributed by atoms with E-state index in [1.54, 1.807) is 13.2 Å². The van der Waals surface area contributed by atoms with Crippen molar-refractivity contribution in [2.75, 3.05) is 24.4 Å². The van der Waals surface area contributed by atoms with E-state index in [0.29, 0.717) is 23.2 Å². The number of unbranched alkanes of at least 4 members (excludes halogenated alkanes) is 1. The maximum atomic E-state index is 11.1.